The van der Waals surface area contributed by atoms with E-state index >= 15 is 0 Å². The van der Waals surface area contributed by atoms with E-state index in [1.807, 2.05) is 0 Å². The van der Waals surface area contributed by atoms with E-state index < -0.39 is 0 Å². The Hall–Kier alpha value is -0.0800. The zero-order chi connectivity index (χ0) is 13.7. The summed E-state index contributed by atoms with van der Waals surface area (Å²) in [6.07, 6.45) is 13.5. The maximum absolute atomic E-state index is 6.58. The van der Waals surface area contributed by atoms with Crippen LogP contribution in [0.2, 0.25) is 0 Å². The Kier molecular flexibility index (Phi) is 5.70. The molecule has 0 amide bonds. The molecule has 0 radical (unpaired) electrons. The van der Waals surface area contributed by atoms with Crippen molar-refractivity contribution in [3.8, 4) is 0 Å². The highest BCUT2D eigenvalue weighted by Gasteiger charge is 2.38. The summed E-state index contributed by atoms with van der Waals surface area (Å²) in [6.45, 7) is 5.37. The monoisotopic (exact) mass is 267 g/mol. The van der Waals surface area contributed by atoms with Gasteiger partial charge in [-0.15, -0.1) is 0 Å². The molecule has 0 aliphatic heterocycles. The van der Waals surface area contributed by atoms with E-state index in [1.165, 1.54) is 64.2 Å². The molecule has 2 heteroatoms. The van der Waals surface area contributed by atoms with Gasteiger partial charge in [0.15, 0.2) is 0 Å². The zero-order valence-electron chi connectivity index (χ0n) is 13.0. The molecular weight excluding hydrogens is 234 g/mol. The molecule has 2 fully saturated rings. The first-order valence-electron chi connectivity index (χ1n) is 8.57. The van der Waals surface area contributed by atoms with Crippen molar-refractivity contribution in [2.24, 2.45) is 17.6 Å². The fourth-order valence-corrected chi connectivity index (χ4v) is 4.05. The van der Waals surface area contributed by atoms with Crippen LogP contribution in [-0.2, 0) is 4.74 Å². The summed E-state index contributed by atoms with van der Waals surface area (Å²) >= 11 is 0. The molecule has 0 saturated heterocycles. The van der Waals surface area contributed by atoms with Crippen molar-refractivity contribution in [3.63, 3.8) is 0 Å². The third-order valence-electron chi connectivity index (χ3n) is 5.52. The van der Waals surface area contributed by atoms with Crippen molar-refractivity contribution in [2.75, 3.05) is 6.54 Å². The van der Waals surface area contributed by atoms with E-state index in [9.17, 15) is 0 Å². The predicted molar refractivity (Wildman–Crippen MR) is 81.2 cm³/mol. The van der Waals surface area contributed by atoms with Crippen molar-refractivity contribution in [1.82, 2.24) is 0 Å². The number of nitrogens with two attached hydrogens (primary N) is 1. The molecule has 2 aliphatic rings. The summed E-state index contributed by atoms with van der Waals surface area (Å²) in [5.74, 6) is 1.66. The molecule has 2 atom stereocenters. The molecule has 2 aliphatic carbocycles. The molecule has 19 heavy (non-hydrogen) atoms. The lowest BCUT2D eigenvalue weighted by Gasteiger charge is -2.44. The summed E-state index contributed by atoms with van der Waals surface area (Å²) in [6, 6.07) is 0. The summed E-state index contributed by atoms with van der Waals surface area (Å²) in [5, 5.41) is 0. The number of rotatable bonds is 5. The molecule has 2 N–H and O–H groups in total. The Morgan fingerprint density at radius 1 is 1.11 bits per heavy atom. The molecule has 2 nitrogen and oxygen atoms in total. The second-order valence-corrected chi connectivity index (χ2v) is 7.04. The van der Waals surface area contributed by atoms with Crippen LogP contribution in [0.1, 0.15) is 78.1 Å². The van der Waals surface area contributed by atoms with E-state index in [0.29, 0.717) is 6.10 Å². The Bertz CT molecular complexity index is 258. The predicted octanol–water partition coefficient (Wildman–Crippen LogP) is 4.27. The maximum atomic E-state index is 6.58. The minimum atomic E-state index is 0.0144. The van der Waals surface area contributed by atoms with Crippen LogP contribution in [0.25, 0.3) is 0 Å². The molecule has 0 heterocycles. The van der Waals surface area contributed by atoms with Crippen LogP contribution in [-0.4, -0.2) is 18.2 Å². The third-order valence-corrected chi connectivity index (χ3v) is 5.52. The van der Waals surface area contributed by atoms with Crippen LogP contribution < -0.4 is 5.73 Å². The average Bonchev–Trinajstić information content (AvgIpc) is 2.44. The van der Waals surface area contributed by atoms with E-state index in [0.717, 1.165) is 18.4 Å². The molecule has 0 aromatic carbocycles. The van der Waals surface area contributed by atoms with E-state index in [1.54, 1.807) is 0 Å². The van der Waals surface area contributed by atoms with Crippen LogP contribution in [0.4, 0.5) is 0 Å². The molecule has 0 aromatic rings. The minimum absolute atomic E-state index is 0.0144. The summed E-state index contributed by atoms with van der Waals surface area (Å²) < 4.78 is 6.58. The van der Waals surface area contributed by atoms with Crippen LogP contribution >= 0.6 is 0 Å². The first-order chi connectivity index (χ1) is 9.19. The van der Waals surface area contributed by atoms with E-state index in [2.05, 4.69) is 13.8 Å². The van der Waals surface area contributed by atoms with Gasteiger partial charge in [-0.25, -0.2) is 0 Å². The minimum Gasteiger partial charge on any atom is -0.370 e. The average molecular weight is 267 g/mol. The quantitative estimate of drug-likeness (QED) is 0.807. The molecular formula is C17H33NO. The van der Waals surface area contributed by atoms with Crippen molar-refractivity contribution in [1.29, 1.82) is 0 Å². The lowest BCUT2D eigenvalue weighted by molar-refractivity contribution is -0.139. The second-order valence-electron chi connectivity index (χ2n) is 7.04. The highest BCUT2D eigenvalue weighted by molar-refractivity contribution is 4.90. The zero-order valence-corrected chi connectivity index (χ0v) is 13.0. The molecule has 112 valence electrons. The molecule has 0 spiro atoms. The van der Waals surface area contributed by atoms with Crippen LogP contribution in [0.15, 0.2) is 0 Å². The van der Waals surface area contributed by atoms with Gasteiger partial charge in [0.1, 0.15) is 0 Å². The standard InChI is InChI=1S/C17H33NO/c1-3-6-15-9-11-17(13-18,12-10-15)19-16-8-5-4-7-14(16)2/h14-16H,3-13,18H2,1-2H3. The fraction of sp³-hybridized carbons (Fsp3) is 1.00. The van der Waals surface area contributed by atoms with Gasteiger partial charge in [-0.05, 0) is 50.4 Å². The van der Waals surface area contributed by atoms with Gasteiger partial charge in [-0.1, -0.05) is 39.5 Å². The van der Waals surface area contributed by atoms with Crippen molar-refractivity contribution in [3.05, 3.63) is 0 Å². The highest BCUT2D eigenvalue weighted by Crippen LogP contribution is 2.39. The van der Waals surface area contributed by atoms with Gasteiger partial charge in [0.25, 0.3) is 0 Å². The molecule has 2 rings (SSSR count). The van der Waals surface area contributed by atoms with Gasteiger partial charge in [0.05, 0.1) is 11.7 Å². The highest BCUT2D eigenvalue weighted by atomic mass is 16.5. The Morgan fingerprint density at radius 2 is 1.79 bits per heavy atom. The summed E-state index contributed by atoms with van der Waals surface area (Å²) in [4.78, 5) is 0. The molecule has 0 bridgehead atoms. The first-order valence-corrected chi connectivity index (χ1v) is 8.57. The fourth-order valence-electron chi connectivity index (χ4n) is 4.05. The maximum Gasteiger partial charge on any atom is 0.0808 e. The van der Waals surface area contributed by atoms with Crippen LogP contribution in [0, 0.1) is 11.8 Å². The normalized spacial score (nSPS) is 40.3. The molecule has 2 unspecified atom stereocenters. The van der Waals surface area contributed by atoms with Crippen LogP contribution in [0.5, 0.6) is 0 Å². The van der Waals surface area contributed by atoms with Gasteiger partial charge in [0, 0.05) is 6.54 Å². The van der Waals surface area contributed by atoms with Gasteiger partial charge >= 0.3 is 0 Å². The molecule has 0 aromatic heterocycles. The Balaban J connectivity index is 1.88. The van der Waals surface area contributed by atoms with Crippen molar-refractivity contribution < 1.29 is 4.74 Å². The van der Waals surface area contributed by atoms with Gasteiger partial charge in [0.2, 0.25) is 0 Å². The van der Waals surface area contributed by atoms with Gasteiger partial charge in [-0.3, -0.25) is 0 Å². The van der Waals surface area contributed by atoms with E-state index in [-0.39, 0.29) is 5.60 Å². The van der Waals surface area contributed by atoms with Crippen LogP contribution in [0.3, 0.4) is 0 Å². The van der Waals surface area contributed by atoms with Gasteiger partial charge in [-0.2, -0.15) is 0 Å². The van der Waals surface area contributed by atoms with Crippen molar-refractivity contribution in [2.45, 2.75) is 89.8 Å². The number of ether oxygens (including phenoxy) is 1. The Morgan fingerprint density at radius 3 is 2.37 bits per heavy atom. The number of hydrogen-bond donors (Lipinski definition) is 1. The summed E-state index contributed by atoms with van der Waals surface area (Å²) in [5.41, 5.74) is 6.11. The lowest BCUT2D eigenvalue weighted by atomic mass is 9.76. The van der Waals surface area contributed by atoms with Gasteiger partial charge < -0.3 is 10.5 Å². The Labute approximate surface area is 119 Å². The smallest absolute Gasteiger partial charge is 0.0808 e. The first kappa shape index (κ1) is 15.3. The number of hydrogen-bond acceptors (Lipinski definition) is 2. The van der Waals surface area contributed by atoms with E-state index in [4.69, 9.17) is 10.5 Å². The molecule has 2 saturated carbocycles. The van der Waals surface area contributed by atoms with Crippen molar-refractivity contribution >= 4 is 0 Å². The third kappa shape index (κ3) is 3.95. The lowest BCUT2D eigenvalue weighted by Crippen LogP contribution is -2.48. The summed E-state index contributed by atoms with van der Waals surface area (Å²) in [7, 11) is 0. The second kappa shape index (κ2) is 7.08. The largest absolute Gasteiger partial charge is 0.370 e. The SMILES string of the molecule is CCCC1CCC(CN)(OC2CCCCC2C)CC1. The topological polar surface area (TPSA) is 35.2 Å².